The maximum absolute atomic E-state index is 13.4. The quantitative estimate of drug-likeness (QED) is 0.377. The van der Waals surface area contributed by atoms with E-state index >= 15 is 0 Å². The van der Waals surface area contributed by atoms with Crippen LogP contribution in [0.25, 0.3) is 22.2 Å². The maximum atomic E-state index is 13.4. The molecule has 4 rings (SSSR count). The number of hydrogen-bond acceptors (Lipinski definition) is 8. The third kappa shape index (κ3) is 4.62. The number of anilines is 2. The van der Waals surface area contributed by atoms with Crippen molar-refractivity contribution in [3.8, 4) is 11.1 Å². The molecule has 160 valence electrons. The Balaban J connectivity index is 1.79. The minimum atomic E-state index is -0.327. The Hall–Kier alpha value is -3.56. The van der Waals surface area contributed by atoms with Gasteiger partial charge in [-0.2, -0.15) is 9.97 Å². The first-order chi connectivity index (χ1) is 15.2. The summed E-state index contributed by atoms with van der Waals surface area (Å²) >= 11 is 0. The molecule has 0 fully saturated rings. The first-order valence-corrected chi connectivity index (χ1v) is 9.85. The van der Waals surface area contributed by atoms with Crippen molar-refractivity contribution in [3.05, 3.63) is 66.4 Å². The van der Waals surface area contributed by atoms with Gasteiger partial charge in [0.05, 0.1) is 30.8 Å². The van der Waals surface area contributed by atoms with Crippen molar-refractivity contribution in [2.24, 2.45) is 0 Å². The molecule has 31 heavy (non-hydrogen) atoms. The van der Waals surface area contributed by atoms with E-state index in [-0.39, 0.29) is 32.1 Å². The van der Waals surface area contributed by atoms with Gasteiger partial charge in [-0.05, 0) is 29.8 Å². The van der Waals surface area contributed by atoms with Crippen LogP contribution in [-0.4, -0.2) is 51.5 Å². The highest BCUT2D eigenvalue weighted by Crippen LogP contribution is 2.35. The van der Waals surface area contributed by atoms with Crippen LogP contribution in [-0.2, 0) is 6.54 Å². The highest BCUT2D eigenvalue weighted by molar-refractivity contribution is 6.00. The summed E-state index contributed by atoms with van der Waals surface area (Å²) in [4.78, 5) is 15.1. The summed E-state index contributed by atoms with van der Waals surface area (Å²) in [5, 5.41) is 22.7. The summed E-state index contributed by atoms with van der Waals surface area (Å²) in [6.45, 7) is 0.711. The third-order valence-corrected chi connectivity index (χ3v) is 4.76. The van der Waals surface area contributed by atoms with Gasteiger partial charge < -0.3 is 24.8 Å². The van der Waals surface area contributed by atoms with Gasteiger partial charge in [0.2, 0.25) is 11.7 Å². The van der Waals surface area contributed by atoms with E-state index in [1.807, 2.05) is 18.2 Å². The topological polar surface area (TPSA) is 108 Å². The molecule has 0 saturated carbocycles. The Morgan fingerprint density at radius 3 is 2.45 bits per heavy atom. The van der Waals surface area contributed by atoms with Crippen LogP contribution in [0.2, 0.25) is 0 Å². The molecule has 0 unspecified atom stereocenters. The van der Waals surface area contributed by atoms with Crippen molar-refractivity contribution >= 4 is 22.9 Å². The number of fused-ring (bicyclic) bond motifs is 1. The molecule has 3 aromatic heterocycles. The van der Waals surface area contributed by atoms with E-state index in [1.165, 1.54) is 12.1 Å². The number of aliphatic hydroxyl groups excluding tert-OH is 2. The Kier molecular flexibility index (Phi) is 6.34. The van der Waals surface area contributed by atoms with Gasteiger partial charge in [-0.3, -0.25) is 4.98 Å². The molecule has 0 bridgehead atoms. The summed E-state index contributed by atoms with van der Waals surface area (Å²) in [6.07, 6.45) is 3.27. The lowest BCUT2D eigenvalue weighted by Gasteiger charge is -2.21. The number of rotatable bonds is 9. The number of hydrogen-bond donors (Lipinski definition) is 3. The van der Waals surface area contributed by atoms with Crippen LogP contribution < -0.4 is 10.2 Å². The molecule has 0 aliphatic heterocycles. The number of nitrogens with zero attached hydrogens (tertiary/aromatic N) is 4. The van der Waals surface area contributed by atoms with E-state index in [9.17, 15) is 14.6 Å². The summed E-state index contributed by atoms with van der Waals surface area (Å²) in [5.74, 6) is 0.506. The lowest BCUT2D eigenvalue weighted by molar-refractivity contribution is 0.280. The van der Waals surface area contributed by atoms with Crippen LogP contribution in [0.5, 0.6) is 0 Å². The molecule has 0 atom stereocenters. The number of aliphatic hydroxyl groups is 2. The predicted molar refractivity (Wildman–Crippen MR) is 115 cm³/mol. The second kappa shape index (κ2) is 9.50. The lowest BCUT2D eigenvalue weighted by Crippen LogP contribution is -2.31. The summed E-state index contributed by atoms with van der Waals surface area (Å²) in [5.41, 5.74) is 2.65. The first-order valence-electron chi connectivity index (χ1n) is 9.85. The molecular formula is C22H22FN5O3. The van der Waals surface area contributed by atoms with Gasteiger partial charge in [0, 0.05) is 24.8 Å². The van der Waals surface area contributed by atoms with Crippen molar-refractivity contribution in [2.75, 3.05) is 36.5 Å². The molecule has 0 saturated heterocycles. The Morgan fingerprint density at radius 2 is 1.77 bits per heavy atom. The number of pyridine rings is 1. The fourth-order valence-electron chi connectivity index (χ4n) is 3.27. The van der Waals surface area contributed by atoms with Crippen LogP contribution >= 0.6 is 0 Å². The molecule has 3 heterocycles. The van der Waals surface area contributed by atoms with E-state index in [2.05, 4.69) is 20.3 Å². The third-order valence-electron chi connectivity index (χ3n) is 4.76. The molecule has 0 radical (unpaired) electrons. The van der Waals surface area contributed by atoms with Gasteiger partial charge in [0.15, 0.2) is 0 Å². The van der Waals surface area contributed by atoms with E-state index in [0.29, 0.717) is 29.4 Å². The summed E-state index contributed by atoms with van der Waals surface area (Å²) in [7, 11) is 0. The molecule has 0 aliphatic carbocycles. The number of furan rings is 1. The highest BCUT2D eigenvalue weighted by Gasteiger charge is 2.20. The van der Waals surface area contributed by atoms with E-state index in [0.717, 1.165) is 16.8 Å². The second-order valence-electron chi connectivity index (χ2n) is 6.82. The van der Waals surface area contributed by atoms with Gasteiger partial charge in [-0.1, -0.05) is 18.2 Å². The molecule has 4 aromatic rings. The van der Waals surface area contributed by atoms with Gasteiger partial charge in [-0.25, -0.2) is 4.39 Å². The lowest BCUT2D eigenvalue weighted by atomic mass is 10.1. The maximum Gasteiger partial charge on any atom is 0.233 e. The molecular weight excluding hydrogens is 401 g/mol. The van der Waals surface area contributed by atoms with Gasteiger partial charge in [0.1, 0.15) is 17.9 Å². The molecule has 0 aliphatic rings. The van der Waals surface area contributed by atoms with Crippen molar-refractivity contribution < 1.29 is 19.0 Å². The van der Waals surface area contributed by atoms with Gasteiger partial charge in [-0.15, -0.1) is 0 Å². The molecule has 1 aromatic carbocycles. The average Bonchev–Trinajstić information content (AvgIpc) is 3.23. The SMILES string of the molecule is OCCN(CCO)c1nc(NCc2ccccn2)c2c(-c3ccc(F)cc3)coc2n1. The smallest absolute Gasteiger partial charge is 0.233 e. The van der Waals surface area contributed by atoms with E-state index in [1.54, 1.807) is 29.5 Å². The zero-order chi connectivity index (χ0) is 21.6. The molecule has 0 amide bonds. The predicted octanol–water partition coefficient (Wildman–Crippen LogP) is 2.83. The number of nitrogens with one attached hydrogen (secondary N) is 1. The number of benzene rings is 1. The standard InChI is InChI=1S/C22H22FN5O3/c23-16-6-4-15(5-7-16)18-14-31-21-19(18)20(25-13-17-3-1-2-8-24-17)26-22(27-21)28(9-11-29)10-12-30/h1-8,14,29-30H,9-13H2,(H,25,26,27). The fraction of sp³-hybridized carbons (Fsp3) is 0.227. The largest absolute Gasteiger partial charge is 0.445 e. The van der Waals surface area contributed by atoms with Crippen molar-refractivity contribution in [3.63, 3.8) is 0 Å². The van der Waals surface area contributed by atoms with Crippen LogP contribution in [0.3, 0.4) is 0 Å². The molecule has 8 nitrogen and oxygen atoms in total. The number of aromatic nitrogens is 3. The fourth-order valence-corrected chi connectivity index (χ4v) is 3.27. The van der Waals surface area contributed by atoms with Crippen LogP contribution in [0, 0.1) is 5.82 Å². The highest BCUT2D eigenvalue weighted by atomic mass is 19.1. The van der Waals surface area contributed by atoms with Gasteiger partial charge >= 0.3 is 0 Å². The van der Waals surface area contributed by atoms with Crippen LogP contribution in [0.15, 0.2) is 59.3 Å². The Labute approximate surface area is 178 Å². The Bertz CT molecular complexity index is 1130. The normalized spacial score (nSPS) is 11.1. The minimum absolute atomic E-state index is 0.114. The zero-order valence-corrected chi connectivity index (χ0v) is 16.7. The minimum Gasteiger partial charge on any atom is -0.445 e. The van der Waals surface area contributed by atoms with Crippen molar-refractivity contribution in [1.29, 1.82) is 0 Å². The molecule has 3 N–H and O–H groups in total. The molecule has 0 spiro atoms. The van der Waals surface area contributed by atoms with Crippen molar-refractivity contribution in [2.45, 2.75) is 6.54 Å². The van der Waals surface area contributed by atoms with Crippen LogP contribution in [0.4, 0.5) is 16.2 Å². The van der Waals surface area contributed by atoms with E-state index < -0.39 is 0 Å². The van der Waals surface area contributed by atoms with Crippen LogP contribution in [0.1, 0.15) is 5.69 Å². The van der Waals surface area contributed by atoms with Crippen molar-refractivity contribution in [1.82, 2.24) is 15.0 Å². The molecule has 9 heteroatoms. The zero-order valence-electron chi connectivity index (χ0n) is 16.7. The first kappa shape index (κ1) is 20.7. The number of halogens is 1. The summed E-state index contributed by atoms with van der Waals surface area (Å²) < 4.78 is 19.1. The average molecular weight is 423 g/mol. The van der Waals surface area contributed by atoms with Gasteiger partial charge in [0.25, 0.3) is 0 Å². The summed E-state index contributed by atoms with van der Waals surface area (Å²) in [6, 6.07) is 11.7. The monoisotopic (exact) mass is 423 g/mol. The Morgan fingerprint density at radius 1 is 1.00 bits per heavy atom. The second-order valence-corrected chi connectivity index (χ2v) is 6.82. The van der Waals surface area contributed by atoms with E-state index in [4.69, 9.17) is 4.42 Å².